The number of carbonyl (C=O) groups excluding carboxylic acids is 3. The van der Waals surface area contributed by atoms with Crippen molar-refractivity contribution in [2.75, 3.05) is 6.54 Å². The third-order valence-corrected chi connectivity index (χ3v) is 12.6. The van der Waals surface area contributed by atoms with Crippen LogP contribution in [0.5, 0.6) is 5.88 Å². The molecule has 2 aliphatic heterocycles. The summed E-state index contributed by atoms with van der Waals surface area (Å²) in [5.41, 5.74) is 1.06. The minimum absolute atomic E-state index is 0.0769. The predicted octanol–water partition coefficient (Wildman–Crippen LogP) is 5.84. The van der Waals surface area contributed by atoms with Crippen LogP contribution in [0.15, 0.2) is 72.9 Å². The Bertz CT molecular complexity index is 1880. The summed E-state index contributed by atoms with van der Waals surface area (Å²) in [6.45, 7) is 2.27. The number of ether oxygens (including phenoxy) is 1. The zero-order valence-electron chi connectivity index (χ0n) is 28.1. The fraction of sp³-hybridized carbons (Fsp3) is 0.487. The highest BCUT2D eigenvalue weighted by atomic mass is 32.2. The van der Waals surface area contributed by atoms with E-state index in [0.29, 0.717) is 38.0 Å². The standard InChI is InChI=1S/C39H45N3O6S/c1-26-10-9-11-27(20-26)21-29-13-5-3-2-4-6-14-30-23-39(30,38(45)41-49(46,47)32-16-17-32)24-35(43)34-22-31(25-42(34)37(29)44)48-36-33-15-8-7-12-28(33)18-19-40-36/h6-12,14-15,18-20,29-32,34H,2-5,13,16-17,21-25H2,1H3,(H,41,45)/b14-6-/t29-,30-,31-,34+,39-/m1/s1. The van der Waals surface area contributed by atoms with Crippen molar-refractivity contribution in [1.82, 2.24) is 14.6 Å². The molecular weight excluding hydrogens is 639 g/mol. The molecule has 7 rings (SSSR count). The number of pyridine rings is 1. The fourth-order valence-corrected chi connectivity index (χ4v) is 9.17. The second kappa shape index (κ2) is 13.7. The van der Waals surface area contributed by atoms with Crippen molar-refractivity contribution >= 4 is 38.4 Å². The first-order valence-electron chi connectivity index (χ1n) is 17.7. The van der Waals surface area contributed by atoms with Gasteiger partial charge in [-0.15, -0.1) is 0 Å². The molecule has 2 aliphatic carbocycles. The van der Waals surface area contributed by atoms with E-state index < -0.39 is 38.7 Å². The van der Waals surface area contributed by atoms with Gasteiger partial charge in [-0.1, -0.05) is 73.0 Å². The van der Waals surface area contributed by atoms with E-state index in [4.69, 9.17) is 4.74 Å². The van der Waals surface area contributed by atoms with Crippen molar-refractivity contribution in [2.24, 2.45) is 17.3 Å². The molecule has 0 unspecified atom stereocenters. The van der Waals surface area contributed by atoms with Crippen LogP contribution in [-0.2, 0) is 30.8 Å². The molecule has 4 aliphatic rings. The van der Waals surface area contributed by atoms with Crippen molar-refractivity contribution in [3.63, 3.8) is 0 Å². The van der Waals surface area contributed by atoms with Gasteiger partial charge >= 0.3 is 0 Å². The number of benzene rings is 2. The number of Topliss-reactive ketones (excluding diaryl/α,β-unsaturated/α-hetero) is 1. The first-order chi connectivity index (χ1) is 23.6. The Morgan fingerprint density at radius 3 is 2.69 bits per heavy atom. The van der Waals surface area contributed by atoms with Crippen molar-refractivity contribution < 1.29 is 27.5 Å². The summed E-state index contributed by atoms with van der Waals surface area (Å²) in [4.78, 5) is 49.0. The molecule has 0 radical (unpaired) electrons. The molecule has 3 fully saturated rings. The molecule has 10 heteroatoms. The Hall–Kier alpha value is -4.05. The highest BCUT2D eigenvalue weighted by Crippen LogP contribution is 2.57. The zero-order chi connectivity index (χ0) is 34.2. The van der Waals surface area contributed by atoms with Gasteiger partial charge in [-0.2, -0.15) is 0 Å². The Kier molecular flexibility index (Phi) is 9.35. The van der Waals surface area contributed by atoms with E-state index in [-0.39, 0.29) is 42.9 Å². The third kappa shape index (κ3) is 7.30. The monoisotopic (exact) mass is 683 g/mol. The van der Waals surface area contributed by atoms with E-state index in [0.717, 1.165) is 47.6 Å². The van der Waals surface area contributed by atoms with Crippen molar-refractivity contribution in [3.05, 3.63) is 84.1 Å². The van der Waals surface area contributed by atoms with E-state index >= 15 is 0 Å². The topological polar surface area (TPSA) is 123 Å². The maximum Gasteiger partial charge on any atom is 0.240 e. The van der Waals surface area contributed by atoms with E-state index in [9.17, 15) is 22.8 Å². The largest absolute Gasteiger partial charge is 0.472 e. The smallest absolute Gasteiger partial charge is 0.240 e. The number of aryl methyl sites for hydroxylation is 1. The van der Waals surface area contributed by atoms with Gasteiger partial charge in [-0.3, -0.25) is 19.1 Å². The number of allylic oxidation sites excluding steroid dienone is 2. The number of nitrogens with one attached hydrogen (secondary N) is 1. The Morgan fingerprint density at radius 1 is 1.04 bits per heavy atom. The predicted molar refractivity (Wildman–Crippen MR) is 187 cm³/mol. The van der Waals surface area contributed by atoms with Gasteiger partial charge < -0.3 is 9.64 Å². The summed E-state index contributed by atoms with van der Waals surface area (Å²) in [6, 6.07) is 17.1. The fourth-order valence-electron chi connectivity index (χ4n) is 7.79. The third-order valence-electron chi connectivity index (χ3n) is 10.8. The number of carbonyl (C=O) groups is 3. The molecule has 2 saturated carbocycles. The maximum atomic E-state index is 14.6. The lowest BCUT2D eigenvalue weighted by atomic mass is 9.89. The van der Waals surface area contributed by atoms with Crippen LogP contribution in [0.2, 0.25) is 0 Å². The van der Waals surface area contributed by atoms with Gasteiger partial charge in [-0.25, -0.2) is 13.4 Å². The van der Waals surface area contributed by atoms with Crippen LogP contribution in [0.4, 0.5) is 0 Å². The molecule has 5 atom stereocenters. The molecule has 1 saturated heterocycles. The average Bonchev–Trinajstić information content (AvgIpc) is 4.00. The zero-order valence-corrected chi connectivity index (χ0v) is 28.9. The SMILES string of the molecule is Cc1cccc(C[C@H]2CCCCC/C=C\[C@@H]3C[C@@]3(C(=O)NS(=O)(=O)C3CC3)CC(=O)[C@@H]3C[C@@H](Oc4nccc5ccccc45)CN3C2=O)c1. The summed E-state index contributed by atoms with van der Waals surface area (Å²) in [5, 5.41) is 1.28. The summed E-state index contributed by atoms with van der Waals surface area (Å²) in [5.74, 6) is -1.01. The van der Waals surface area contributed by atoms with E-state index in [1.54, 1.807) is 11.1 Å². The van der Waals surface area contributed by atoms with Crippen LogP contribution >= 0.6 is 0 Å². The van der Waals surface area contributed by atoms with E-state index in [1.807, 2.05) is 55.5 Å². The Balaban J connectivity index is 1.20. The molecule has 9 nitrogen and oxygen atoms in total. The summed E-state index contributed by atoms with van der Waals surface area (Å²) in [6.07, 6.45) is 11.8. The van der Waals surface area contributed by atoms with Crippen molar-refractivity contribution in [3.8, 4) is 5.88 Å². The van der Waals surface area contributed by atoms with Gasteiger partial charge in [0.15, 0.2) is 5.78 Å². The minimum atomic E-state index is -3.78. The Morgan fingerprint density at radius 2 is 1.88 bits per heavy atom. The number of nitrogens with zero attached hydrogens (tertiary/aromatic N) is 2. The van der Waals surface area contributed by atoms with Gasteiger partial charge in [0.25, 0.3) is 0 Å². The lowest BCUT2D eigenvalue weighted by Gasteiger charge is -2.29. The second-order valence-electron chi connectivity index (χ2n) is 14.6. The Labute approximate surface area is 288 Å². The first-order valence-corrected chi connectivity index (χ1v) is 19.3. The number of sulfonamides is 1. The number of hydrogen-bond donors (Lipinski definition) is 1. The van der Waals surface area contributed by atoms with Crippen LogP contribution in [0.25, 0.3) is 10.8 Å². The summed E-state index contributed by atoms with van der Waals surface area (Å²) in [7, 11) is -3.78. The molecule has 2 amide bonds. The molecule has 3 aromatic rings. The van der Waals surface area contributed by atoms with E-state index in [2.05, 4.69) is 27.9 Å². The van der Waals surface area contributed by atoms with Gasteiger partial charge in [0.05, 0.1) is 23.3 Å². The van der Waals surface area contributed by atoms with E-state index in [1.165, 1.54) is 0 Å². The van der Waals surface area contributed by atoms with Crippen LogP contribution in [-0.4, -0.2) is 59.8 Å². The van der Waals surface area contributed by atoms with Gasteiger partial charge in [0.2, 0.25) is 27.7 Å². The summed E-state index contributed by atoms with van der Waals surface area (Å²) >= 11 is 0. The quantitative estimate of drug-likeness (QED) is 0.310. The second-order valence-corrected chi connectivity index (χ2v) is 16.5. The number of ketones is 1. The molecule has 49 heavy (non-hydrogen) atoms. The minimum Gasteiger partial charge on any atom is -0.472 e. The van der Waals surface area contributed by atoms with Gasteiger partial charge in [0, 0.05) is 30.3 Å². The molecular formula is C39H45N3O6S. The molecule has 1 aromatic heterocycles. The normalized spacial score (nSPS) is 28.6. The highest BCUT2D eigenvalue weighted by Gasteiger charge is 2.61. The number of hydrogen-bond acceptors (Lipinski definition) is 7. The van der Waals surface area contributed by atoms with Gasteiger partial charge in [0.1, 0.15) is 6.10 Å². The number of rotatable bonds is 7. The molecule has 2 aromatic carbocycles. The molecule has 0 bridgehead atoms. The van der Waals surface area contributed by atoms with Crippen LogP contribution < -0.4 is 9.46 Å². The first kappa shape index (κ1) is 33.4. The maximum absolute atomic E-state index is 14.6. The number of fused-ring (bicyclic) bond motifs is 3. The van der Waals surface area contributed by atoms with Crippen molar-refractivity contribution in [1.29, 1.82) is 0 Å². The summed E-state index contributed by atoms with van der Waals surface area (Å²) < 4.78 is 34.5. The highest BCUT2D eigenvalue weighted by molar-refractivity contribution is 7.90. The van der Waals surface area contributed by atoms with Crippen LogP contribution in [0, 0.1) is 24.2 Å². The lowest BCUT2D eigenvalue weighted by molar-refractivity contribution is -0.142. The molecule has 258 valence electrons. The molecule has 0 spiro atoms. The molecule has 3 heterocycles. The molecule has 1 N–H and O–H groups in total. The average molecular weight is 684 g/mol. The van der Waals surface area contributed by atoms with Crippen molar-refractivity contribution in [2.45, 2.75) is 94.9 Å². The number of amides is 2. The van der Waals surface area contributed by atoms with Gasteiger partial charge in [-0.05, 0) is 80.9 Å². The van der Waals surface area contributed by atoms with Crippen LogP contribution in [0.3, 0.4) is 0 Å². The lowest BCUT2D eigenvalue weighted by Crippen LogP contribution is -2.46. The van der Waals surface area contributed by atoms with Crippen LogP contribution in [0.1, 0.15) is 75.3 Å². The number of aromatic nitrogens is 1.